The van der Waals surface area contributed by atoms with Crippen LogP contribution in [0.15, 0.2) is 30.3 Å². The Morgan fingerprint density at radius 2 is 1.43 bits per heavy atom. The standard InChI is InChI=1S/C26H35NO/c1-18-15-21(4)22-17-23-19(2)11-12-20(3)25(23)26(24(22)16-18)28-14-10-8-7-9-13-27(5)6/h11-12,15-17H,7-10,13-14H2,1-6H3. The Bertz CT molecular complexity index is 971. The molecule has 0 aliphatic heterocycles. The summed E-state index contributed by atoms with van der Waals surface area (Å²) in [6, 6.07) is 11.4. The molecule has 3 aromatic carbocycles. The molecule has 0 atom stereocenters. The monoisotopic (exact) mass is 377 g/mol. The van der Waals surface area contributed by atoms with E-state index in [4.69, 9.17) is 4.74 Å². The maximum Gasteiger partial charge on any atom is 0.135 e. The van der Waals surface area contributed by atoms with Gasteiger partial charge < -0.3 is 9.64 Å². The minimum absolute atomic E-state index is 0.788. The van der Waals surface area contributed by atoms with Crippen molar-refractivity contribution in [3.05, 3.63) is 52.6 Å². The van der Waals surface area contributed by atoms with Gasteiger partial charge in [-0.05, 0) is 101 Å². The molecule has 0 aliphatic carbocycles. The van der Waals surface area contributed by atoms with Crippen LogP contribution in [0.4, 0.5) is 0 Å². The van der Waals surface area contributed by atoms with Crippen LogP contribution in [0.2, 0.25) is 0 Å². The Balaban J connectivity index is 1.91. The molecule has 3 aromatic rings. The zero-order chi connectivity index (χ0) is 20.3. The van der Waals surface area contributed by atoms with Crippen LogP contribution in [0.3, 0.4) is 0 Å². The maximum atomic E-state index is 6.50. The molecule has 0 fully saturated rings. The molecule has 2 heteroatoms. The minimum Gasteiger partial charge on any atom is -0.492 e. The third-order valence-corrected chi connectivity index (χ3v) is 5.71. The lowest BCUT2D eigenvalue weighted by Crippen LogP contribution is -2.12. The van der Waals surface area contributed by atoms with Crippen LogP contribution in [0.25, 0.3) is 21.5 Å². The molecule has 0 radical (unpaired) electrons. The zero-order valence-electron chi connectivity index (χ0n) is 18.5. The zero-order valence-corrected chi connectivity index (χ0v) is 18.5. The van der Waals surface area contributed by atoms with Gasteiger partial charge in [-0.3, -0.25) is 0 Å². The number of hydrogen-bond donors (Lipinski definition) is 0. The highest BCUT2D eigenvalue weighted by Crippen LogP contribution is 2.40. The molecule has 28 heavy (non-hydrogen) atoms. The highest BCUT2D eigenvalue weighted by Gasteiger charge is 2.14. The molecule has 2 nitrogen and oxygen atoms in total. The van der Waals surface area contributed by atoms with Crippen LogP contribution in [-0.2, 0) is 0 Å². The van der Waals surface area contributed by atoms with Crippen LogP contribution in [0, 0.1) is 27.7 Å². The first-order valence-electron chi connectivity index (χ1n) is 10.6. The van der Waals surface area contributed by atoms with Crippen molar-refractivity contribution in [1.29, 1.82) is 0 Å². The fourth-order valence-electron chi connectivity index (χ4n) is 4.17. The quantitative estimate of drug-likeness (QED) is 0.319. The van der Waals surface area contributed by atoms with E-state index in [1.165, 1.54) is 69.6 Å². The molecule has 150 valence electrons. The number of nitrogens with zero attached hydrogens (tertiary/aromatic N) is 1. The van der Waals surface area contributed by atoms with E-state index < -0.39 is 0 Å². The van der Waals surface area contributed by atoms with E-state index in [1.54, 1.807) is 0 Å². The first-order valence-corrected chi connectivity index (χ1v) is 10.6. The highest BCUT2D eigenvalue weighted by molar-refractivity contribution is 6.08. The lowest BCUT2D eigenvalue weighted by Gasteiger charge is -2.18. The molecular weight excluding hydrogens is 342 g/mol. The van der Waals surface area contributed by atoms with Crippen molar-refractivity contribution >= 4 is 21.5 Å². The van der Waals surface area contributed by atoms with E-state index in [9.17, 15) is 0 Å². The molecule has 3 rings (SSSR count). The number of rotatable bonds is 8. The summed E-state index contributed by atoms with van der Waals surface area (Å²) >= 11 is 0. The largest absolute Gasteiger partial charge is 0.492 e. The average Bonchev–Trinajstić information content (AvgIpc) is 2.63. The van der Waals surface area contributed by atoms with E-state index >= 15 is 0 Å². The van der Waals surface area contributed by atoms with Gasteiger partial charge in [-0.1, -0.05) is 36.6 Å². The molecular formula is C26H35NO. The summed E-state index contributed by atoms with van der Waals surface area (Å²) in [5, 5.41) is 5.17. The van der Waals surface area contributed by atoms with Gasteiger partial charge in [0.05, 0.1) is 6.61 Å². The van der Waals surface area contributed by atoms with Gasteiger partial charge in [-0.15, -0.1) is 0 Å². The summed E-state index contributed by atoms with van der Waals surface area (Å²) in [5.74, 6) is 1.08. The lowest BCUT2D eigenvalue weighted by atomic mass is 9.93. The van der Waals surface area contributed by atoms with Crippen molar-refractivity contribution in [1.82, 2.24) is 4.90 Å². The molecule has 0 amide bonds. The first kappa shape index (κ1) is 20.7. The maximum absolute atomic E-state index is 6.50. The number of benzene rings is 3. The second-order valence-electron chi connectivity index (χ2n) is 8.57. The fraction of sp³-hybridized carbons (Fsp3) is 0.462. The summed E-state index contributed by atoms with van der Waals surface area (Å²) in [6.07, 6.45) is 4.88. The summed E-state index contributed by atoms with van der Waals surface area (Å²) in [7, 11) is 4.28. The van der Waals surface area contributed by atoms with Gasteiger partial charge in [0.15, 0.2) is 0 Å². The predicted octanol–water partition coefficient (Wildman–Crippen LogP) is 6.73. The molecule has 0 unspecified atom stereocenters. The van der Waals surface area contributed by atoms with Crippen LogP contribution in [0.1, 0.15) is 47.9 Å². The third-order valence-electron chi connectivity index (χ3n) is 5.71. The van der Waals surface area contributed by atoms with Crippen molar-refractivity contribution in [2.45, 2.75) is 53.4 Å². The van der Waals surface area contributed by atoms with Crippen LogP contribution >= 0.6 is 0 Å². The number of hydrogen-bond acceptors (Lipinski definition) is 2. The van der Waals surface area contributed by atoms with E-state index in [2.05, 4.69) is 77.0 Å². The van der Waals surface area contributed by atoms with Crippen molar-refractivity contribution in [2.24, 2.45) is 0 Å². The summed E-state index contributed by atoms with van der Waals surface area (Å²) in [6.45, 7) is 10.7. The Morgan fingerprint density at radius 1 is 0.714 bits per heavy atom. The Hall–Kier alpha value is -2.06. The molecule has 0 saturated carbocycles. The Labute approximate surface area is 170 Å². The van der Waals surface area contributed by atoms with Gasteiger partial charge in [0.1, 0.15) is 5.75 Å². The van der Waals surface area contributed by atoms with E-state index in [1.807, 2.05) is 0 Å². The van der Waals surface area contributed by atoms with Crippen molar-refractivity contribution in [3.8, 4) is 5.75 Å². The number of fused-ring (bicyclic) bond motifs is 2. The summed E-state index contributed by atoms with van der Waals surface area (Å²) in [4.78, 5) is 2.26. The minimum atomic E-state index is 0.788. The van der Waals surface area contributed by atoms with E-state index in [0.29, 0.717) is 0 Å². The van der Waals surface area contributed by atoms with Gasteiger partial charge in [-0.25, -0.2) is 0 Å². The number of aryl methyl sites for hydroxylation is 4. The van der Waals surface area contributed by atoms with Gasteiger partial charge in [0.25, 0.3) is 0 Å². The second-order valence-corrected chi connectivity index (χ2v) is 8.57. The normalized spacial score (nSPS) is 11.7. The molecule has 0 N–H and O–H groups in total. The highest BCUT2D eigenvalue weighted by atomic mass is 16.5. The van der Waals surface area contributed by atoms with E-state index in [-0.39, 0.29) is 0 Å². The van der Waals surface area contributed by atoms with Crippen molar-refractivity contribution in [3.63, 3.8) is 0 Å². The predicted molar refractivity (Wildman–Crippen MR) is 123 cm³/mol. The third kappa shape index (κ3) is 4.50. The van der Waals surface area contributed by atoms with Gasteiger partial charge in [0.2, 0.25) is 0 Å². The van der Waals surface area contributed by atoms with Crippen molar-refractivity contribution < 1.29 is 4.74 Å². The number of unbranched alkanes of at least 4 members (excludes halogenated alkanes) is 3. The molecule has 0 spiro atoms. The molecule has 0 aromatic heterocycles. The fourth-order valence-corrected chi connectivity index (χ4v) is 4.17. The van der Waals surface area contributed by atoms with Gasteiger partial charge in [0, 0.05) is 10.8 Å². The molecule has 0 heterocycles. The molecule has 0 saturated heterocycles. The summed E-state index contributed by atoms with van der Waals surface area (Å²) in [5.41, 5.74) is 5.23. The van der Waals surface area contributed by atoms with Gasteiger partial charge >= 0.3 is 0 Å². The molecule has 0 aliphatic rings. The van der Waals surface area contributed by atoms with Crippen LogP contribution in [-0.4, -0.2) is 32.1 Å². The SMILES string of the molecule is Cc1cc(C)c2cc3c(C)ccc(C)c3c(OCCCCCCN(C)C)c2c1. The smallest absolute Gasteiger partial charge is 0.135 e. The molecule has 0 bridgehead atoms. The van der Waals surface area contributed by atoms with Gasteiger partial charge in [-0.2, -0.15) is 0 Å². The topological polar surface area (TPSA) is 12.5 Å². The Morgan fingerprint density at radius 3 is 2.18 bits per heavy atom. The first-order chi connectivity index (χ1) is 13.4. The Kier molecular flexibility index (Phi) is 6.61. The van der Waals surface area contributed by atoms with E-state index in [0.717, 1.165) is 18.8 Å². The number of ether oxygens (including phenoxy) is 1. The van der Waals surface area contributed by atoms with Crippen LogP contribution < -0.4 is 4.74 Å². The average molecular weight is 378 g/mol. The lowest BCUT2D eigenvalue weighted by molar-refractivity contribution is 0.308. The second kappa shape index (κ2) is 8.96. The summed E-state index contributed by atoms with van der Waals surface area (Å²) < 4.78 is 6.50. The van der Waals surface area contributed by atoms with Crippen LogP contribution in [0.5, 0.6) is 5.75 Å². The van der Waals surface area contributed by atoms with Crippen molar-refractivity contribution in [2.75, 3.05) is 27.2 Å².